The number of nitrogens with one attached hydrogen (secondary N) is 1. The molecule has 1 atom stereocenters. The summed E-state index contributed by atoms with van der Waals surface area (Å²) in [5.74, 6) is -2.15. The zero-order chi connectivity index (χ0) is 16.5. The number of hydrogen-bond acceptors (Lipinski definition) is 4. The minimum atomic E-state index is -1.25. The zero-order valence-corrected chi connectivity index (χ0v) is 17.0. The number of rotatable bonds is 4. The Morgan fingerprint density at radius 3 is 1.67 bits per heavy atom. The Morgan fingerprint density at radius 1 is 1.00 bits per heavy atom. The largest absolute Gasteiger partial charge is 0.384 e. The molecule has 1 rings (SSSR count). The highest BCUT2D eigenvalue weighted by molar-refractivity contribution is 14.1. The first-order valence-corrected chi connectivity index (χ1v) is 8.62. The number of carbonyl (C=O) groups excluding carboxylic acids is 3. The van der Waals surface area contributed by atoms with Crippen LogP contribution in [0.15, 0.2) is 0 Å². The molecule has 0 heterocycles. The molecule has 0 fully saturated rings. The lowest BCUT2D eigenvalue weighted by atomic mass is 10.1. The van der Waals surface area contributed by atoms with Gasteiger partial charge in [0.15, 0.2) is 0 Å². The van der Waals surface area contributed by atoms with Crippen LogP contribution in [0.1, 0.15) is 27.6 Å². The van der Waals surface area contributed by atoms with Crippen LogP contribution in [0.2, 0.25) is 0 Å². The van der Waals surface area contributed by atoms with Crippen molar-refractivity contribution in [2.45, 2.75) is 13.0 Å². The van der Waals surface area contributed by atoms with E-state index in [9.17, 15) is 19.5 Å². The number of aliphatic hydroxyl groups excluding tert-OH is 1. The van der Waals surface area contributed by atoms with Crippen molar-refractivity contribution in [3.63, 3.8) is 0 Å². The van der Waals surface area contributed by atoms with E-state index in [1.165, 1.54) is 6.92 Å². The van der Waals surface area contributed by atoms with Gasteiger partial charge in [0.25, 0.3) is 17.7 Å². The van der Waals surface area contributed by atoms with Crippen LogP contribution in [0.3, 0.4) is 0 Å². The Morgan fingerprint density at radius 2 is 1.38 bits per heavy atom. The highest BCUT2D eigenvalue weighted by Crippen LogP contribution is 2.35. The molecule has 0 saturated carbocycles. The number of hydrogen-bond donors (Lipinski definition) is 4. The van der Waals surface area contributed by atoms with Crippen molar-refractivity contribution in [1.82, 2.24) is 0 Å². The lowest BCUT2D eigenvalue weighted by Crippen LogP contribution is -2.28. The number of benzene rings is 1. The van der Waals surface area contributed by atoms with E-state index in [0.717, 1.165) is 0 Å². The summed E-state index contributed by atoms with van der Waals surface area (Å²) in [4.78, 5) is 34.9. The molecule has 21 heavy (non-hydrogen) atoms. The maximum atomic E-state index is 11.7. The van der Waals surface area contributed by atoms with Crippen molar-refractivity contribution in [3.05, 3.63) is 21.8 Å². The quantitative estimate of drug-likeness (QED) is 0.371. The molecule has 0 radical (unpaired) electrons. The van der Waals surface area contributed by atoms with E-state index in [-0.39, 0.29) is 16.8 Å². The molecular weight excluding hydrogens is 619 g/mol. The van der Waals surface area contributed by atoms with Crippen molar-refractivity contribution < 1.29 is 19.5 Å². The fraction of sp³-hybridized carbons (Fsp3) is 0.182. The maximum Gasteiger partial charge on any atom is 0.252 e. The molecule has 0 aliphatic heterocycles. The molecule has 0 saturated heterocycles. The van der Waals surface area contributed by atoms with E-state index >= 15 is 0 Å². The summed E-state index contributed by atoms with van der Waals surface area (Å²) in [5.41, 5.74) is 11.1. The van der Waals surface area contributed by atoms with Crippen LogP contribution in [0, 0.1) is 10.7 Å². The first-order valence-electron chi connectivity index (χ1n) is 5.38. The van der Waals surface area contributed by atoms with Gasteiger partial charge in [-0.15, -0.1) is 0 Å². The molecule has 3 amide bonds. The Kier molecular flexibility index (Phi) is 6.60. The molecule has 0 aromatic heterocycles. The molecule has 0 unspecified atom stereocenters. The van der Waals surface area contributed by atoms with Crippen LogP contribution in [0.4, 0.5) is 5.69 Å². The minimum Gasteiger partial charge on any atom is -0.384 e. The summed E-state index contributed by atoms with van der Waals surface area (Å²) in [6.07, 6.45) is -1.25. The number of halogens is 3. The van der Waals surface area contributed by atoms with E-state index < -0.39 is 23.8 Å². The number of aliphatic hydroxyl groups is 1. The molecule has 1 aromatic rings. The first kappa shape index (κ1) is 18.8. The third kappa shape index (κ3) is 3.95. The number of nitrogens with two attached hydrogens (primary N) is 2. The highest BCUT2D eigenvalue weighted by Gasteiger charge is 2.27. The average molecular weight is 629 g/mol. The predicted molar refractivity (Wildman–Crippen MR) is 102 cm³/mol. The van der Waals surface area contributed by atoms with Crippen molar-refractivity contribution >= 4 is 91.2 Å². The smallest absolute Gasteiger partial charge is 0.252 e. The molecule has 114 valence electrons. The van der Waals surface area contributed by atoms with Gasteiger partial charge in [0.05, 0.1) is 24.0 Å². The van der Waals surface area contributed by atoms with Gasteiger partial charge in [-0.25, -0.2) is 0 Å². The summed E-state index contributed by atoms with van der Waals surface area (Å²) < 4.78 is 1.09. The van der Waals surface area contributed by atoms with Gasteiger partial charge < -0.3 is 21.9 Å². The van der Waals surface area contributed by atoms with E-state index in [1.54, 1.807) is 0 Å². The van der Waals surface area contributed by atoms with Gasteiger partial charge in [-0.05, 0) is 74.7 Å². The highest BCUT2D eigenvalue weighted by atomic mass is 127. The second-order valence-corrected chi connectivity index (χ2v) is 7.20. The third-order valence-electron chi connectivity index (χ3n) is 2.44. The van der Waals surface area contributed by atoms with Gasteiger partial charge in [0.2, 0.25) is 0 Å². The van der Waals surface area contributed by atoms with Gasteiger partial charge in [-0.1, -0.05) is 0 Å². The van der Waals surface area contributed by atoms with Crippen molar-refractivity contribution in [1.29, 1.82) is 0 Å². The Labute approximate surface area is 161 Å². The minimum absolute atomic E-state index is 0.103. The summed E-state index contributed by atoms with van der Waals surface area (Å²) >= 11 is 5.50. The topological polar surface area (TPSA) is 136 Å². The van der Waals surface area contributed by atoms with Crippen LogP contribution in [-0.4, -0.2) is 28.9 Å². The summed E-state index contributed by atoms with van der Waals surface area (Å²) in [6.45, 7) is 1.30. The van der Waals surface area contributed by atoms with Crippen LogP contribution < -0.4 is 16.8 Å². The van der Waals surface area contributed by atoms with Gasteiger partial charge >= 0.3 is 0 Å². The van der Waals surface area contributed by atoms with E-state index in [2.05, 4.69) is 5.32 Å². The number of primary amides is 2. The summed E-state index contributed by atoms with van der Waals surface area (Å²) in [6, 6.07) is 0. The maximum absolute atomic E-state index is 11.7. The fourth-order valence-electron chi connectivity index (χ4n) is 1.43. The van der Waals surface area contributed by atoms with Crippen molar-refractivity contribution in [2.75, 3.05) is 5.32 Å². The van der Waals surface area contributed by atoms with Gasteiger partial charge in [-0.3, -0.25) is 14.4 Å². The van der Waals surface area contributed by atoms with Crippen molar-refractivity contribution in [2.24, 2.45) is 11.5 Å². The standard InChI is InChI=1S/C11H10I3N3O4/c1-2(18)11(21)17-8-6(13)3(9(15)19)5(12)4(7(8)14)10(16)20/h2,18H,1H3,(H2,15,19)(H2,16,20)(H,17,21)/t2-/m0/s1. The van der Waals surface area contributed by atoms with Gasteiger partial charge in [0.1, 0.15) is 6.10 Å². The molecule has 0 bridgehead atoms. The average Bonchev–Trinajstić information content (AvgIpc) is 2.32. The fourth-order valence-corrected chi connectivity index (χ4v) is 5.93. The molecule has 10 heteroatoms. The lowest BCUT2D eigenvalue weighted by molar-refractivity contribution is -0.123. The second-order valence-electron chi connectivity index (χ2n) is 3.96. The Hall–Kier alpha value is -0.220. The summed E-state index contributed by atoms with van der Waals surface area (Å²) in [7, 11) is 0. The van der Waals surface area contributed by atoms with Crippen LogP contribution in [0.25, 0.3) is 0 Å². The monoisotopic (exact) mass is 629 g/mol. The van der Waals surface area contributed by atoms with Crippen LogP contribution in [-0.2, 0) is 4.79 Å². The number of amides is 3. The van der Waals surface area contributed by atoms with Crippen LogP contribution >= 0.6 is 67.8 Å². The van der Waals surface area contributed by atoms with Crippen molar-refractivity contribution in [3.8, 4) is 0 Å². The Balaban J connectivity index is 3.67. The first-order chi connectivity index (χ1) is 9.59. The third-order valence-corrected chi connectivity index (χ3v) is 5.67. The van der Waals surface area contributed by atoms with Crippen LogP contribution in [0.5, 0.6) is 0 Å². The van der Waals surface area contributed by atoms with Gasteiger partial charge in [-0.2, -0.15) is 0 Å². The summed E-state index contributed by atoms with van der Waals surface area (Å²) in [5, 5.41) is 11.7. The van der Waals surface area contributed by atoms with E-state index in [1.807, 2.05) is 67.8 Å². The van der Waals surface area contributed by atoms with Gasteiger partial charge in [0, 0.05) is 3.57 Å². The molecule has 0 aliphatic rings. The lowest BCUT2D eigenvalue weighted by Gasteiger charge is -2.17. The molecule has 7 nitrogen and oxygen atoms in total. The number of carbonyl (C=O) groups is 3. The SMILES string of the molecule is C[C@H](O)C(=O)Nc1c(I)c(C(N)=O)c(I)c(C(N)=O)c1I. The predicted octanol–water partition coefficient (Wildman–Crippen LogP) is 1.02. The van der Waals surface area contributed by atoms with E-state index in [0.29, 0.717) is 10.7 Å². The molecule has 0 spiro atoms. The number of anilines is 1. The molecular formula is C11H10I3N3O4. The normalized spacial score (nSPS) is 11.9. The second kappa shape index (κ2) is 7.36. The molecule has 0 aliphatic carbocycles. The zero-order valence-electron chi connectivity index (χ0n) is 10.5. The molecule has 1 aromatic carbocycles. The van der Waals surface area contributed by atoms with E-state index in [4.69, 9.17) is 11.5 Å². The molecule has 6 N–H and O–H groups in total. The Bertz CT molecular complexity index is 605.